The quantitative estimate of drug-likeness (QED) is 0.818. The lowest BCUT2D eigenvalue weighted by molar-refractivity contribution is 0.415. The van der Waals surface area contributed by atoms with Crippen LogP contribution in [0.1, 0.15) is 26.3 Å². The zero-order valence-corrected chi connectivity index (χ0v) is 10.7. The van der Waals surface area contributed by atoms with Crippen molar-refractivity contribution >= 4 is 16.6 Å². The van der Waals surface area contributed by atoms with Crippen LogP contribution in [0.3, 0.4) is 0 Å². The van der Waals surface area contributed by atoms with Gasteiger partial charge in [0.1, 0.15) is 11.6 Å². The molecule has 0 spiro atoms. The molecule has 2 N–H and O–H groups in total. The van der Waals surface area contributed by atoms with Crippen molar-refractivity contribution in [2.45, 2.75) is 26.2 Å². The molecule has 1 aromatic heterocycles. The Balaban J connectivity index is 2.81. The Bertz CT molecular complexity index is 556. The highest BCUT2D eigenvalue weighted by atomic mass is 16.5. The Kier molecular flexibility index (Phi) is 2.69. The average molecular weight is 230 g/mol. The molecular formula is C14H18N2O. The van der Waals surface area contributed by atoms with Crippen LogP contribution in [-0.2, 0) is 5.41 Å². The second-order valence-electron chi connectivity index (χ2n) is 5.22. The van der Waals surface area contributed by atoms with E-state index >= 15 is 0 Å². The molecule has 17 heavy (non-hydrogen) atoms. The van der Waals surface area contributed by atoms with Gasteiger partial charge in [-0.05, 0) is 34.6 Å². The number of anilines is 1. The molecule has 0 aliphatic heterocycles. The van der Waals surface area contributed by atoms with Crippen molar-refractivity contribution in [2.75, 3.05) is 12.8 Å². The first-order valence-corrected chi connectivity index (χ1v) is 5.66. The first kappa shape index (κ1) is 11.7. The van der Waals surface area contributed by atoms with Crippen molar-refractivity contribution in [1.82, 2.24) is 4.98 Å². The predicted octanol–water partition coefficient (Wildman–Crippen LogP) is 3.12. The highest BCUT2D eigenvalue weighted by Gasteiger charge is 2.18. The normalized spacial score (nSPS) is 11.8. The molecule has 0 saturated carbocycles. The fourth-order valence-electron chi connectivity index (χ4n) is 1.97. The third kappa shape index (κ3) is 2.05. The van der Waals surface area contributed by atoms with E-state index in [1.54, 1.807) is 7.11 Å². The molecule has 3 nitrogen and oxygen atoms in total. The molecule has 1 heterocycles. The third-order valence-corrected chi connectivity index (χ3v) is 2.93. The summed E-state index contributed by atoms with van der Waals surface area (Å²) in [7, 11) is 1.67. The molecule has 90 valence electrons. The van der Waals surface area contributed by atoms with Crippen molar-refractivity contribution in [2.24, 2.45) is 0 Å². The number of hydrogen-bond donors (Lipinski definition) is 1. The summed E-state index contributed by atoms with van der Waals surface area (Å²) in [6.45, 7) is 6.50. The molecule has 3 heteroatoms. The van der Waals surface area contributed by atoms with Crippen molar-refractivity contribution in [1.29, 1.82) is 0 Å². The van der Waals surface area contributed by atoms with E-state index < -0.39 is 0 Å². The molecule has 0 aliphatic carbocycles. The van der Waals surface area contributed by atoms with E-state index in [0.29, 0.717) is 5.82 Å². The molecule has 1 aromatic carbocycles. The van der Waals surface area contributed by atoms with Crippen LogP contribution >= 0.6 is 0 Å². The van der Waals surface area contributed by atoms with Crippen LogP contribution in [0.4, 0.5) is 5.82 Å². The van der Waals surface area contributed by atoms with Gasteiger partial charge in [0.2, 0.25) is 0 Å². The molecule has 0 aliphatic rings. The SMILES string of the molecule is COc1ccc2c(N)ncc(C(C)(C)C)c2c1. The number of nitrogen functional groups attached to an aromatic ring is 1. The third-order valence-electron chi connectivity index (χ3n) is 2.93. The lowest BCUT2D eigenvalue weighted by Crippen LogP contribution is -2.13. The number of aromatic nitrogens is 1. The topological polar surface area (TPSA) is 48.1 Å². The summed E-state index contributed by atoms with van der Waals surface area (Å²) in [5, 5.41) is 2.10. The van der Waals surface area contributed by atoms with Gasteiger partial charge in [-0.1, -0.05) is 20.8 Å². The lowest BCUT2D eigenvalue weighted by Gasteiger charge is -2.21. The number of ether oxygens (including phenoxy) is 1. The minimum atomic E-state index is 0.0331. The molecule has 2 rings (SSSR count). The summed E-state index contributed by atoms with van der Waals surface area (Å²) in [6, 6.07) is 5.90. The van der Waals surface area contributed by atoms with Gasteiger partial charge in [0.25, 0.3) is 0 Å². The smallest absolute Gasteiger partial charge is 0.131 e. The first-order valence-electron chi connectivity index (χ1n) is 5.66. The minimum absolute atomic E-state index is 0.0331. The standard InChI is InChI=1S/C14H18N2O/c1-14(2,3)12-8-16-13(15)10-6-5-9(17-4)7-11(10)12/h5-8H,1-4H3,(H2,15,16). The zero-order chi connectivity index (χ0) is 12.6. The van der Waals surface area contributed by atoms with Crippen LogP contribution < -0.4 is 10.5 Å². The lowest BCUT2D eigenvalue weighted by atomic mass is 9.85. The van der Waals surface area contributed by atoms with Gasteiger partial charge in [-0.3, -0.25) is 0 Å². The summed E-state index contributed by atoms with van der Waals surface area (Å²) in [5.74, 6) is 1.41. The van der Waals surface area contributed by atoms with Crippen molar-refractivity contribution < 1.29 is 4.74 Å². The molecular weight excluding hydrogens is 212 g/mol. The minimum Gasteiger partial charge on any atom is -0.497 e. The first-order chi connectivity index (χ1) is 7.93. The van der Waals surface area contributed by atoms with Crippen LogP contribution in [0.25, 0.3) is 10.8 Å². The van der Waals surface area contributed by atoms with Gasteiger partial charge < -0.3 is 10.5 Å². The second-order valence-corrected chi connectivity index (χ2v) is 5.22. The Hall–Kier alpha value is -1.77. The maximum absolute atomic E-state index is 5.91. The number of benzene rings is 1. The van der Waals surface area contributed by atoms with E-state index in [2.05, 4.69) is 25.8 Å². The Morgan fingerprint density at radius 3 is 2.47 bits per heavy atom. The Labute approximate surface area is 102 Å². The van der Waals surface area contributed by atoms with E-state index in [1.807, 2.05) is 24.4 Å². The number of pyridine rings is 1. The summed E-state index contributed by atoms with van der Waals surface area (Å²) < 4.78 is 5.27. The average Bonchev–Trinajstić information content (AvgIpc) is 2.27. The van der Waals surface area contributed by atoms with Gasteiger partial charge in [0, 0.05) is 11.6 Å². The van der Waals surface area contributed by atoms with Gasteiger partial charge in [-0.15, -0.1) is 0 Å². The monoisotopic (exact) mass is 230 g/mol. The van der Waals surface area contributed by atoms with Crippen LogP contribution in [-0.4, -0.2) is 12.1 Å². The molecule has 0 saturated heterocycles. The molecule has 0 amide bonds. The van der Waals surface area contributed by atoms with Gasteiger partial charge in [-0.25, -0.2) is 4.98 Å². The molecule has 0 unspecified atom stereocenters. The largest absolute Gasteiger partial charge is 0.497 e. The van der Waals surface area contributed by atoms with E-state index in [4.69, 9.17) is 10.5 Å². The predicted molar refractivity (Wildman–Crippen MR) is 71.4 cm³/mol. The number of nitrogens with zero attached hydrogens (tertiary/aromatic N) is 1. The second kappa shape index (κ2) is 3.91. The number of rotatable bonds is 1. The van der Waals surface area contributed by atoms with E-state index in [0.717, 1.165) is 16.5 Å². The van der Waals surface area contributed by atoms with Crippen molar-refractivity contribution in [3.05, 3.63) is 30.0 Å². The maximum Gasteiger partial charge on any atom is 0.131 e. The number of methoxy groups -OCH3 is 1. The van der Waals surface area contributed by atoms with Crippen LogP contribution in [0.15, 0.2) is 24.4 Å². The Morgan fingerprint density at radius 1 is 1.18 bits per heavy atom. The molecule has 2 aromatic rings. The fraction of sp³-hybridized carbons (Fsp3) is 0.357. The van der Waals surface area contributed by atoms with E-state index in [9.17, 15) is 0 Å². The van der Waals surface area contributed by atoms with Crippen LogP contribution in [0, 0.1) is 0 Å². The van der Waals surface area contributed by atoms with E-state index in [-0.39, 0.29) is 5.41 Å². The van der Waals surface area contributed by atoms with Gasteiger partial charge >= 0.3 is 0 Å². The summed E-state index contributed by atoms with van der Waals surface area (Å²) in [4.78, 5) is 4.27. The summed E-state index contributed by atoms with van der Waals surface area (Å²) in [5.41, 5.74) is 7.12. The maximum atomic E-state index is 5.91. The summed E-state index contributed by atoms with van der Waals surface area (Å²) in [6.07, 6.45) is 1.86. The van der Waals surface area contributed by atoms with E-state index in [1.165, 1.54) is 5.56 Å². The number of fused-ring (bicyclic) bond motifs is 1. The highest BCUT2D eigenvalue weighted by Crippen LogP contribution is 2.33. The van der Waals surface area contributed by atoms with Crippen molar-refractivity contribution in [3.8, 4) is 5.75 Å². The molecule has 0 atom stereocenters. The Morgan fingerprint density at radius 2 is 1.88 bits per heavy atom. The van der Waals surface area contributed by atoms with Gasteiger partial charge in [0.15, 0.2) is 0 Å². The molecule has 0 radical (unpaired) electrons. The van der Waals surface area contributed by atoms with Gasteiger partial charge in [-0.2, -0.15) is 0 Å². The van der Waals surface area contributed by atoms with Crippen LogP contribution in [0.5, 0.6) is 5.75 Å². The zero-order valence-electron chi connectivity index (χ0n) is 10.7. The van der Waals surface area contributed by atoms with Crippen molar-refractivity contribution in [3.63, 3.8) is 0 Å². The summed E-state index contributed by atoms with van der Waals surface area (Å²) >= 11 is 0. The van der Waals surface area contributed by atoms with Gasteiger partial charge in [0.05, 0.1) is 7.11 Å². The van der Waals surface area contributed by atoms with Crippen LogP contribution in [0.2, 0.25) is 0 Å². The highest BCUT2D eigenvalue weighted by molar-refractivity contribution is 5.94. The molecule has 0 bridgehead atoms. The fourth-order valence-corrected chi connectivity index (χ4v) is 1.97. The molecule has 0 fully saturated rings. The number of nitrogens with two attached hydrogens (primary N) is 1. The number of hydrogen-bond acceptors (Lipinski definition) is 3.